The van der Waals surface area contributed by atoms with Gasteiger partial charge in [-0.25, -0.2) is 4.79 Å². The van der Waals surface area contributed by atoms with Crippen molar-refractivity contribution in [1.29, 1.82) is 0 Å². The van der Waals surface area contributed by atoms with Gasteiger partial charge in [0.25, 0.3) is 5.91 Å². The van der Waals surface area contributed by atoms with Gasteiger partial charge >= 0.3 is 12.1 Å². The summed E-state index contributed by atoms with van der Waals surface area (Å²) in [4.78, 5) is 23.4. The third-order valence-electron chi connectivity index (χ3n) is 3.68. The lowest BCUT2D eigenvalue weighted by atomic mass is 10.1. The van der Waals surface area contributed by atoms with Crippen LogP contribution in [0.1, 0.15) is 45.7 Å². The van der Waals surface area contributed by atoms with Crippen molar-refractivity contribution >= 4 is 29.2 Å². The number of carbonyl (C=O) groups excluding carboxylic acids is 1. The Kier molecular flexibility index (Phi) is 6.23. The predicted octanol–water partition coefficient (Wildman–Crippen LogP) is 5.40. The Labute approximate surface area is 164 Å². The lowest BCUT2D eigenvalue weighted by Gasteiger charge is -2.19. The summed E-state index contributed by atoms with van der Waals surface area (Å²) in [7, 11) is 0. The fourth-order valence-corrected chi connectivity index (χ4v) is 2.74. The number of nitrogens with one attached hydrogen (secondary N) is 1. The maximum Gasteiger partial charge on any atom is 0.420 e. The van der Waals surface area contributed by atoms with E-state index in [4.69, 9.17) is 21.4 Å². The number of rotatable bonds is 5. The van der Waals surface area contributed by atoms with E-state index in [-0.39, 0.29) is 21.8 Å². The number of alkyl halides is 3. The van der Waals surface area contributed by atoms with E-state index in [0.717, 1.165) is 6.07 Å². The van der Waals surface area contributed by atoms with Gasteiger partial charge < -0.3 is 15.2 Å². The maximum atomic E-state index is 13.4. The van der Waals surface area contributed by atoms with Crippen LogP contribution in [0, 0.1) is 6.92 Å². The molecule has 2 rings (SSSR count). The van der Waals surface area contributed by atoms with Crippen LogP contribution >= 0.6 is 11.6 Å². The van der Waals surface area contributed by atoms with Crippen LogP contribution in [0.2, 0.25) is 5.02 Å². The SMILES string of the molecule is Cc1cc(NC(=O)c2cc(Cl)c(OC(C)C)c(C(F)(F)F)c2)ccc1C(=O)O. The average Bonchev–Trinajstić information content (AvgIpc) is 2.54. The number of carboxylic acids is 1. The highest BCUT2D eigenvalue weighted by Crippen LogP contribution is 2.41. The van der Waals surface area contributed by atoms with Crippen molar-refractivity contribution in [2.75, 3.05) is 5.32 Å². The van der Waals surface area contributed by atoms with Crippen molar-refractivity contribution in [2.24, 2.45) is 0 Å². The van der Waals surface area contributed by atoms with Crippen LogP contribution in [-0.2, 0) is 6.18 Å². The minimum Gasteiger partial charge on any atom is -0.489 e. The summed E-state index contributed by atoms with van der Waals surface area (Å²) >= 11 is 5.94. The second-order valence-corrected chi connectivity index (χ2v) is 6.70. The molecule has 0 aliphatic rings. The lowest BCUT2D eigenvalue weighted by molar-refractivity contribution is -0.139. The minimum absolute atomic E-state index is 0.0515. The quantitative estimate of drug-likeness (QED) is 0.685. The van der Waals surface area contributed by atoms with E-state index in [1.165, 1.54) is 25.1 Å². The molecule has 150 valence electrons. The molecular weight excluding hydrogens is 399 g/mol. The van der Waals surface area contributed by atoms with Gasteiger partial charge in [-0.1, -0.05) is 11.6 Å². The normalized spacial score (nSPS) is 11.4. The predicted molar refractivity (Wildman–Crippen MR) is 98.3 cm³/mol. The zero-order valence-electron chi connectivity index (χ0n) is 15.1. The van der Waals surface area contributed by atoms with Crippen LogP contribution in [0.15, 0.2) is 30.3 Å². The Morgan fingerprint density at radius 2 is 1.82 bits per heavy atom. The fourth-order valence-electron chi connectivity index (χ4n) is 2.48. The first-order valence-electron chi connectivity index (χ1n) is 8.13. The van der Waals surface area contributed by atoms with Crippen molar-refractivity contribution in [1.82, 2.24) is 0 Å². The van der Waals surface area contributed by atoms with Gasteiger partial charge in [-0.15, -0.1) is 0 Å². The van der Waals surface area contributed by atoms with Crippen LogP contribution in [0.25, 0.3) is 0 Å². The van der Waals surface area contributed by atoms with Crippen molar-refractivity contribution < 1.29 is 32.6 Å². The van der Waals surface area contributed by atoms with Crippen molar-refractivity contribution in [3.05, 3.63) is 57.6 Å². The van der Waals surface area contributed by atoms with Crippen LogP contribution in [0.4, 0.5) is 18.9 Å². The molecule has 0 aliphatic heterocycles. The molecule has 2 N–H and O–H groups in total. The Morgan fingerprint density at radius 3 is 2.32 bits per heavy atom. The molecule has 5 nitrogen and oxygen atoms in total. The molecule has 9 heteroatoms. The zero-order valence-corrected chi connectivity index (χ0v) is 15.9. The molecule has 2 aromatic rings. The first kappa shape index (κ1) is 21.6. The van der Waals surface area contributed by atoms with Crippen LogP contribution in [-0.4, -0.2) is 23.1 Å². The van der Waals surface area contributed by atoms with Gasteiger partial charge in [0.2, 0.25) is 0 Å². The Bertz CT molecular complexity index is 926. The molecule has 0 saturated heterocycles. The van der Waals surface area contributed by atoms with Gasteiger partial charge in [-0.2, -0.15) is 13.2 Å². The number of hydrogen-bond donors (Lipinski definition) is 2. The number of anilines is 1. The van der Waals surface area contributed by atoms with Crippen molar-refractivity contribution in [2.45, 2.75) is 33.1 Å². The summed E-state index contributed by atoms with van der Waals surface area (Å²) in [5.74, 6) is -2.49. The summed E-state index contributed by atoms with van der Waals surface area (Å²) in [6, 6.07) is 5.79. The Hall–Kier alpha value is -2.74. The molecule has 0 bridgehead atoms. The molecule has 0 saturated carbocycles. The average molecular weight is 416 g/mol. The van der Waals surface area contributed by atoms with Gasteiger partial charge in [0.05, 0.1) is 22.3 Å². The molecule has 0 heterocycles. The molecule has 1 amide bonds. The number of aryl methyl sites for hydroxylation is 1. The van der Waals surface area contributed by atoms with Crippen LogP contribution in [0.5, 0.6) is 5.75 Å². The monoisotopic (exact) mass is 415 g/mol. The number of ether oxygens (including phenoxy) is 1. The second-order valence-electron chi connectivity index (χ2n) is 6.29. The molecule has 0 atom stereocenters. The van der Waals surface area contributed by atoms with Gasteiger partial charge in [0.1, 0.15) is 0 Å². The summed E-state index contributed by atoms with van der Waals surface area (Å²) in [6.07, 6.45) is -5.32. The molecule has 0 fully saturated rings. The number of benzene rings is 2. The zero-order chi connectivity index (χ0) is 21.2. The number of carbonyl (C=O) groups is 2. The molecule has 0 radical (unpaired) electrons. The first-order chi connectivity index (χ1) is 12.9. The van der Waals surface area contributed by atoms with Gasteiger partial charge in [0, 0.05) is 11.3 Å². The summed E-state index contributed by atoms with van der Waals surface area (Å²) in [6.45, 7) is 4.65. The molecule has 0 unspecified atom stereocenters. The highest BCUT2D eigenvalue weighted by atomic mass is 35.5. The number of carboxylic acid groups (broad SMARTS) is 1. The highest BCUT2D eigenvalue weighted by molar-refractivity contribution is 6.32. The van der Waals surface area contributed by atoms with Crippen LogP contribution < -0.4 is 10.1 Å². The second kappa shape index (κ2) is 8.10. The largest absolute Gasteiger partial charge is 0.489 e. The van der Waals surface area contributed by atoms with Gasteiger partial charge in [0.15, 0.2) is 5.75 Å². The minimum atomic E-state index is -4.77. The maximum absolute atomic E-state index is 13.4. The number of aromatic carboxylic acids is 1. The Morgan fingerprint density at radius 1 is 1.18 bits per heavy atom. The number of amides is 1. The molecule has 0 aromatic heterocycles. The van der Waals surface area contributed by atoms with E-state index < -0.39 is 35.5 Å². The summed E-state index contributed by atoms with van der Waals surface area (Å²) in [5.41, 5.74) is -0.792. The highest BCUT2D eigenvalue weighted by Gasteiger charge is 2.37. The van der Waals surface area contributed by atoms with E-state index in [2.05, 4.69) is 5.32 Å². The standard InChI is InChI=1S/C19H17ClF3NO4/c1-9(2)28-16-14(19(21,22)23)7-11(8-15(16)20)17(25)24-12-4-5-13(18(26)27)10(3)6-12/h4-9H,1-3H3,(H,24,25)(H,26,27). The van der Waals surface area contributed by atoms with E-state index >= 15 is 0 Å². The molecule has 0 aliphatic carbocycles. The molecule has 2 aromatic carbocycles. The third kappa shape index (κ3) is 4.95. The molecule has 28 heavy (non-hydrogen) atoms. The first-order valence-corrected chi connectivity index (χ1v) is 8.50. The smallest absolute Gasteiger partial charge is 0.420 e. The van der Waals surface area contributed by atoms with E-state index in [1.807, 2.05) is 0 Å². The number of hydrogen-bond acceptors (Lipinski definition) is 3. The van der Waals surface area contributed by atoms with E-state index in [9.17, 15) is 22.8 Å². The van der Waals surface area contributed by atoms with Crippen LogP contribution in [0.3, 0.4) is 0 Å². The molecular formula is C19H17ClF3NO4. The van der Waals surface area contributed by atoms with E-state index in [1.54, 1.807) is 13.8 Å². The third-order valence-corrected chi connectivity index (χ3v) is 3.96. The Balaban J connectivity index is 2.39. The summed E-state index contributed by atoms with van der Waals surface area (Å²) in [5, 5.41) is 11.1. The van der Waals surface area contributed by atoms with Crippen molar-refractivity contribution in [3.63, 3.8) is 0 Å². The van der Waals surface area contributed by atoms with Gasteiger partial charge in [-0.3, -0.25) is 4.79 Å². The summed E-state index contributed by atoms with van der Waals surface area (Å²) < 4.78 is 45.4. The van der Waals surface area contributed by atoms with Crippen molar-refractivity contribution in [3.8, 4) is 5.75 Å². The number of halogens is 4. The van der Waals surface area contributed by atoms with E-state index in [0.29, 0.717) is 11.6 Å². The molecule has 0 spiro atoms. The lowest BCUT2D eigenvalue weighted by Crippen LogP contribution is -2.17. The fraction of sp³-hybridized carbons (Fsp3) is 0.263. The topological polar surface area (TPSA) is 75.6 Å². The van der Waals surface area contributed by atoms with Gasteiger partial charge in [-0.05, 0) is 56.7 Å².